The van der Waals surface area contributed by atoms with E-state index in [0.717, 1.165) is 80.8 Å². The van der Waals surface area contributed by atoms with E-state index in [4.69, 9.17) is 33.8 Å². The summed E-state index contributed by atoms with van der Waals surface area (Å²) in [6, 6.07) is 0. The van der Waals surface area contributed by atoms with Gasteiger partial charge < -0.3 is 24.4 Å². The summed E-state index contributed by atoms with van der Waals surface area (Å²) in [6.07, 6.45) is 7.79. The second-order valence-corrected chi connectivity index (χ2v) is 18.6. The molecule has 0 radical (unpaired) electrons. The zero-order chi connectivity index (χ0) is 31.2. The summed E-state index contributed by atoms with van der Waals surface area (Å²) in [7, 11) is 0. The third-order valence-electron chi connectivity index (χ3n) is 13.6. The van der Waals surface area contributed by atoms with E-state index in [1.165, 1.54) is 6.42 Å². The highest BCUT2D eigenvalue weighted by Crippen LogP contribution is 2.62. The molecule has 0 amide bonds. The molecule has 256 valence electrons. The number of hydrogen-bond acceptors (Lipinski definition) is 11. The molecule has 3 aliphatic carbocycles. The van der Waals surface area contributed by atoms with E-state index in [9.17, 15) is 10.2 Å². The summed E-state index contributed by atoms with van der Waals surface area (Å²) >= 11 is 3.82. The standard InChI is InChI=1S/C34H54O9S2/c1-19-6-8-25-21(28(35)37-27-16-31(3)12-10-23(19)33(25,27)42-40-31)17-44-14-5-15-45-18-22-26-9-7-20(2)24-11-13-32(4)39-30(38-29(22)36)34(24,26)43-41-32/h19-30,35-36H,5-18H2,1-4H3/t19-,20-,21-,22-,23?,24+,25+,26+,27-,28?,29?,30-,31?,32?,33?,34?/m1/s1. The van der Waals surface area contributed by atoms with Gasteiger partial charge in [-0.3, -0.25) is 0 Å². The maximum Gasteiger partial charge on any atom is 0.201 e. The van der Waals surface area contributed by atoms with Gasteiger partial charge in [-0.05, 0) is 100 Å². The van der Waals surface area contributed by atoms with Crippen molar-refractivity contribution in [2.75, 3.05) is 23.0 Å². The van der Waals surface area contributed by atoms with E-state index in [2.05, 4.69) is 20.8 Å². The van der Waals surface area contributed by atoms with Crippen molar-refractivity contribution in [3.63, 3.8) is 0 Å². The topological polar surface area (TPSA) is 105 Å². The van der Waals surface area contributed by atoms with Gasteiger partial charge in [-0.2, -0.15) is 23.5 Å². The Kier molecular flexibility index (Phi) is 8.67. The third kappa shape index (κ3) is 5.14. The van der Waals surface area contributed by atoms with Crippen molar-refractivity contribution in [1.82, 2.24) is 0 Å². The minimum absolute atomic E-state index is 0.0221. The van der Waals surface area contributed by atoms with Crippen LogP contribution >= 0.6 is 23.5 Å². The fourth-order valence-electron chi connectivity index (χ4n) is 11.1. The molecule has 9 nitrogen and oxygen atoms in total. The second kappa shape index (κ2) is 12.0. The number of aliphatic hydroxyl groups excluding tert-OH is 2. The Morgan fingerprint density at radius 1 is 0.667 bits per heavy atom. The second-order valence-electron chi connectivity index (χ2n) is 16.3. The average Bonchev–Trinajstić information content (AvgIpc) is 3.38. The number of ether oxygens (including phenoxy) is 3. The first-order valence-corrected chi connectivity index (χ1v) is 20.1. The molecule has 4 bridgehead atoms. The normalized spacial score (nSPS) is 56.7. The molecule has 7 aliphatic heterocycles. The zero-order valence-electron chi connectivity index (χ0n) is 27.4. The highest BCUT2D eigenvalue weighted by Gasteiger charge is 2.70. The van der Waals surface area contributed by atoms with Crippen LogP contribution in [0.1, 0.15) is 91.9 Å². The highest BCUT2D eigenvalue weighted by atomic mass is 32.2. The van der Waals surface area contributed by atoms with Crippen LogP contribution in [0, 0.1) is 47.3 Å². The van der Waals surface area contributed by atoms with Gasteiger partial charge in [-0.25, -0.2) is 19.6 Å². The highest BCUT2D eigenvalue weighted by molar-refractivity contribution is 8.00. The van der Waals surface area contributed by atoms with Crippen LogP contribution in [0.2, 0.25) is 0 Å². The minimum Gasteiger partial charge on any atom is -0.368 e. The number of fused-ring (bicyclic) bond motifs is 4. The van der Waals surface area contributed by atoms with Gasteiger partial charge in [-0.15, -0.1) is 0 Å². The largest absolute Gasteiger partial charge is 0.368 e. The quantitative estimate of drug-likeness (QED) is 0.247. The van der Waals surface area contributed by atoms with Crippen molar-refractivity contribution >= 4 is 23.5 Å². The first-order valence-electron chi connectivity index (χ1n) is 17.8. The fourth-order valence-corrected chi connectivity index (χ4v) is 13.7. The Morgan fingerprint density at radius 3 is 1.98 bits per heavy atom. The fraction of sp³-hybridized carbons (Fsp3) is 1.00. The predicted octanol–water partition coefficient (Wildman–Crippen LogP) is 5.66. The van der Waals surface area contributed by atoms with Crippen LogP contribution in [0.3, 0.4) is 0 Å². The molecule has 7 saturated heterocycles. The van der Waals surface area contributed by atoms with Crippen molar-refractivity contribution < 1.29 is 44.0 Å². The number of rotatable bonds is 8. The number of hydrogen-bond donors (Lipinski definition) is 2. The van der Waals surface area contributed by atoms with Crippen molar-refractivity contribution in [3.8, 4) is 0 Å². The first kappa shape index (κ1) is 32.5. The number of aliphatic hydroxyl groups is 2. The van der Waals surface area contributed by atoms with Gasteiger partial charge in [0.05, 0.1) is 6.10 Å². The summed E-state index contributed by atoms with van der Waals surface area (Å²) in [4.78, 5) is 24.8. The summed E-state index contributed by atoms with van der Waals surface area (Å²) in [5, 5.41) is 22.4. The predicted molar refractivity (Wildman–Crippen MR) is 170 cm³/mol. The summed E-state index contributed by atoms with van der Waals surface area (Å²) in [5.41, 5.74) is -1.40. The average molecular weight is 671 g/mol. The van der Waals surface area contributed by atoms with Crippen LogP contribution in [0.25, 0.3) is 0 Å². The van der Waals surface area contributed by atoms with E-state index in [1.807, 2.05) is 30.4 Å². The molecule has 0 aromatic heterocycles. The van der Waals surface area contributed by atoms with Gasteiger partial charge in [-0.1, -0.05) is 13.8 Å². The molecular formula is C34H54O9S2. The molecule has 10 rings (SSSR count). The van der Waals surface area contributed by atoms with Crippen LogP contribution in [-0.4, -0.2) is 80.8 Å². The Bertz CT molecular complexity index is 1020. The maximum absolute atomic E-state index is 11.2. The molecule has 0 aromatic carbocycles. The molecular weight excluding hydrogens is 616 g/mol. The van der Waals surface area contributed by atoms with Crippen molar-refractivity contribution in [2.45, 2.75) is 139 Å². The zero-order valence-corrected chi connectivity index (χ0v) is 29.0. The van der Waals surface area contributed by atoms with Crippen molar-refractivity contribution in [2.24, 2.45) is 47.3 Å². The Labute approximate surface area is 276 Å². The van der Waals surface area contributed by atoms with Crippen LogP contribution in [0.4, 0.5) is 0 Å². The van der Waals surface area contributed by atoms with Crippen molar-refractivity contribution in [1.29, 1.82) is 0 Å². The van der Waals surface area contributed by atoms with Crippen LogP contribution in [0.15, 0.2) is 0 Å². The van der Waals surface area contributed by atoms with E-state index in [0.29, 0.717) is 23.7 Å². The maximum atomic E-state index is 11.2. The van der Waals surface area contributed by atoms with E-state index >= 15 is 0 Å². The molecule has 7 heterocycles. The smallest absolute Gasteiger partial charge is 0.201 e. The van der Waals surface area contributed by atoms with Crippen LogP contribution in [0.5, 0.6) is 0 Å². The lowest BCUT2D eigenvalue weighted by Gasteiger charge is -2.61. The molecule has 3 saturated carbocycles. The molecule has 0 aromatic rings. The molecule has 2 N–H and O–H groups in total. The van der Waals surface area contributed by atoms with Gasteiger partial charge in [0.1, 0.15) is 11.2 Å². The molecule has 45 heavy (non-hydrogen) atoms. The third-order valence-corrected chi connectivity index (χ3v) is 16.0. The monoisotopic (exact) mass is 670 g/mol. The van der Waals surface area contributed by atoms with Gasteiger partial charge in [0, 0.05) is 48.0 Å². The lowest BCUT2D eigenvalue weighted by atomic mass is 9.56. The summed E-state index contributed by atoms with van der Waals surface area (Å²) in [5.74, 6) is 5.12. The van der Waals surface area contributed by atoms with Crippen LogP contribution in [-0.2, 0) is 33.8 Å². The molecule has 11 heteroatoms. The lowest BCUT2D eigenvalue weighted by Crippen LogP contribution is -2.71. The van der Waals surface area contributed by atoms with E-state index in [1.54, 1.807) is 0 Å². The lowest BCUT2D eigenvalue weighted by molar-refractivity contribution is -0.576. The van der Waals surface area contributed by atoms with Gasteiger partial charge in [0.25, 0.3) is 0 Å². The Hall–Kier alpha value is 0.340. The molecule has 10 fully saturated rings. The molecule has 2 spiro atoms. The minimum atomic E-state index is -0.862. The van der Waals surface area contributed by atoms with Gasteiger partial charge in [0.15, 0.2) is 24.5 Å². The van der Waals surface area contributed by atoms with Crippen molar-refractivity contribution in [3.05, 3.63) is 0 Å². The summed E-state index contributed by atoms with van der Waals surface area (Å²) in [6.45, 7) is 8.73. The SMILES string of the molecule is C[C@@H]1CC[C@H]2[C@@H](CSCCCSC[C@H]3C(O)O[C@@H]4OC5(C)CC[C@H]6[C@H](C)CC[C@@H]3C46OO5)C(O)O[C@@H]3CC4(C)CCC1C32OO4. The summed E-state index contributed by atoms with van der Waals surface area (Å²) < 4.78 is 18.9. The first-order chi connectivity index (χ1) is 21.6. The molecule has 16 atom stereocenters. The van der Waals surface area contributed by atoms with Crippen LogP contribution < -0.4 is 0 Å². The number of thioether (sulfide) groups is 2. The van der Waals surface area contributed by atoms with Gasteiger partial charge in [0.2, 0.25) is 5.79 Å². The molecule has 7 unspecified atom stereocenters. The molecule has 10 aliphatic rings. The van der Waals surface area contributed by atoms with E-state index < -0.39 is 35.9 Å². The van der Waals surface area contributed by atoms with E-state index in [-0.39, 0.29) is 35.4 Å². The Morgan fingerprint density at radius 2 is 1.27 bits per heavy atom. The Balaban J connectivity index is 0.853. The van der Waals surface area contributed by atoms with Gasteiger partial charge >= 0.3 is 0 Å².